The van der Waals surface area contributed by atoms with Gasteiger partial charge in [-0.25, -0.2) is 9.78 Å². The molecule has 1 aliphatic rings. The Morgan fingerprint density at radius 2 is 2.11 bits per heavy atom. The monoisotopic (exact) mass is 314 g/mol. The van der Waals surface area contributed by atoms with E-state index in [1.54, 1.807) is 0 Å². The van der Waals surface area contributed by atoms with Gasteiger partial charge in [-0.1, -0.05) is 6.07 Å². The van der Waals surface area contributed by atoms with E-state index in [2.05, 4.69) is 20.9 Å². The molecule has 98 valence electrons. The minimum absolute atomic E-state index is 0.0100. The second kappa shape index (κ2) is 5.24. The number of hydrogen-bond donors (Lipinski definition) is 2. The van der Waals surface area contributed by atoms with Gasteiger partial charge in [-0.05, 0) is 40.9 Å². The lowest BCUT2D eigenvalue weighted by Crippen LogP contribution is -2.46. The maximum atomic E-state index is 10.9. The third kappa shape index (κ3) is 2.49. The van der Waals surface area contributed by atoms with Gasteiger partial charge in [0, 0.05) is 18.5 Å². The first kappa shape index (κ1) is 13.3. The van der Waals surface area contributed by atoms with Crippen LogP contribution < -0.4 is 0 Å². The fourth-order valence-corrected chi connectivity index (χ4v) is 2.67. The van der Waals surface area contributed by atoms with E-state index in [-0.39, 0.29) is 6.61 Å². The first-order chi connectivity index (χ1) is 8.57. The molecule has 1 aromatic rings. The van der Waals surface area contributed by atoms with E-state index in [1.807, 2.05) is 18.2 Å². The Kier molecular flexibility index (Phi) is 3.87. The Morgan fingerprint density at radius 3 is 2.61 bits per heavy atom. The molecule has 2 heterocycles. The molecule has 0 aromatic carbocycles. The number of aliphatic hydroxyl groups is 1. The van der Waals surface area contributed by atoms with Gasteiger partial charge in [0.1, 0.15) is 4.60 Å². The van der Waals surface area contributed by atoms with E-state index in [9.17, 15) is 9.90 Å². The molecule has 0 bridgehead atoms. The second-order valence-corrected chi connectivity index (χ2v) is 5.37. The summed E-state index contributed by atoms with van der Waals surface area (Å²) in [5.41, 5.74) is 0.403. The third-order valence-corrected chi connectivity index (χ3v) is 3.99. The summed E-state index contributed by atoms with van der Waals surface area (Å²) in [5, 5.41) is 18.6. The average Bonchev–Trinajstić information content (AvgIpc) is 2.38. The molecule has 0 spiro atoms. The van der Waals surface area contributed by atoms with Crippen molar-refractivity contribution in [2.24, 2.45) is 0 Å². The number of halogens is 1. The molecule has 0 aliphatic carbocycles. The van der Waals surface area contributed by atoms with Crippen molar-refractivity contribution in [1.29, 1.82) is 0 Å². The molecule has 1 aliphatic heterocycles. The van der Waals surface area contributed by atoms with Crippen LogP contribution in [0.25, 0.3) is 0 Å². The highest BCUT2D eigenvalue weighted by molar-refractivity contribution is 9.10. The number of likely N-dealkylation sites (tertiary alicyclic amines) is 1. The fraction of sp³-hybridized carbons (Fsp3) is 0.500. The first-order valence-electron chi connectivity index (χ1n) is 5.79. The number of carboxylic acid groups (broad SMARTS) is 1. The van der Waals surface area contributed by atoms with E-state index < -0.39 is 11.5 Å². The van der Waals surface area contributed by atoms with Crippen LogP contribution in [-0.2, 0) is 5.41 Å². The highest BCUT2D eigenvalue weighted by Crippen LogP contribution is 2.34. The van der Waals surface area contributed by atoms with Gasteiger partial charge < -0.3 is 15.1 Å². The van der Waals surface area contributed by atoms with Crippen LogP contribution in [-0.4, -0.2) is 45.9 Å². The van der Waals surface area contributed by atoms with E-state index in [4.69, 9.17) is 5.11 Å². The van der Waals surface area contributed by atoms with Gasteiger partial charge in [-0.15, -0.1) is 0 Å². The molecule has 18 heavy (non-hydrogen) atoms. The van der Waals surface area contributed by atoms with Crippen LogP contribution in [0.2, 0.25) is 0 Å². The molecule has 2 rings (SSSR count). The summed E-state index contributed by atoms with van der Waals surface area (Å²) in [4.78, 5) is 16.7. The number of rotatable bonds is 2. The quantitative estimate of drug-likeness (QED) is 0.817. The van der Waals surface area contributed by atoms with Crippen molar-refractivity contribution < 1.29 is 15.0 Å². The third-order valence-electron chi connectivity index (χ3n) is 3.55. The second-order valence-electron chi connectivity index (χ2n) is 4.55. The predicted molar refractivity (Wildman–Crippen MR) is 69.5 cm³/mol. The highest BCUT2D eigenvalue weighted by Gasteiger charge is 2.38. The Labute approximate surface area is 114 Å². The molecule has 5 nitrogen and oxygen atoms in total. The standard InChI is InChI=1S/C12H15BrN2O3/c13-10-3-1-2-9(14-10)12(8-16)4-6-15(7-5-12)11(17)18/h1-3,16H,4-8H2,(H,17,18). The van der Waals surface area contributed by atoms with Gasteiger partial charge in [0.15, 0.2) is 0 Å². The van der Waals surface area contributed by atoms with Crippen molar-refractivity contribution in [1.82, 2.24) is 9.88 Å². The van der Waals surface area contributed by atoms with E-state index in [1.165, 1.54) is 4.90 Å². The lowest BCUT2D eigenvalue weighted by atomic mass is 9.76. The summed E-state index contributed by atoms with van der Waals surface area (Å²) in [6, 6.07) is 5.60. The van der Waals surface area contributed by atoms with Gasteiger partial charge in [0.2, 0.25) is 0 Å². The number of aromatic nitrogens is 1. The molecule has 0 radical (unpaired) electrons. The molecule has 0 atom stereocenters. The summed E-state index contributed by atoms with van der Waals surface area (Å²) < 4.78 is 0.730. The zero-order valence-electron chi connectivity index (χ0n) is 9.84. The number of aliphatic hydroxyl groups excluding tert-OH is 1. The number of carbonyl (C=O) groups is 1. The Bertz CT molecular complexity index is 445. The van der Waals surface area contributed by atoms with Gasteiger partial charge >= 0.3 is 6.09 Å². The number of piperidine rings is 1. The zero-order chi connectivity index (χ0) is 13.2. The van der Waals surface area contributed by atoms with E-state index in [0.29, 0.717) is 25.9 Å². The molecule has 1 aromatic heterocycles. The Balaban J connectivity index is 2.21. The topological polar surface area (TPSA) is 73.7 Å². The smallest absolute Gasteiger partial charge is 0.407 e. The van der Waals surface area contributed by atoms with E-state index in [0.717, 1.165) is 10.3 Å². The van der Waals surface area contributed by atoms with Crippen molar-refractivity contribution in [2.45, 2.75) is 18.3 Å². The lowest BCUT2D eigenvalue weighted by Gasteiger charge is -2.39. The van der Waals surface area contributed by atoms with Crippen LogP contribution in [0.1, 0.15) is 18.5 Å². The van der Waals surface area contributed by atoms with Crippen molar-refractivity contribution in [3.8, 4) is 0 Å². The minimum Gasteiger partial charge on any atom is -0.465 e. The van der Waals surface area contributed by atoms with Crippen molar-refractivity contribution in [2.75, 3.05) is 19.7 Å². The van der Waals surface area contributed by atoms with Crippen LogP contribution >= 0.6 is 15.9 Å². The number of pyridine rings is 1. The Morgan fingerprint density at radius 1 is 1.44 bits per heavy atom. The minimum atomic E-state index is -0.899. The maximum absolute atomic E-state index is 10.9. The molecular formula is C12H15BrN2O3. The highest BCUT2D eigenvalue weighted by atomic mass is 79.9. The zero-order valence-corrected chi connectivity index (χ0v) is 11.4. The van der Waals surface area contributed by atoms with Crippen LogP contribution in [0.3, 0.4) is 0 Å². The first-order valence-corrected chi connectivity index (χ1v) is 6.58. The molecule has 0 saturated carbocycles. The lowest BCUT2D eigenvalue weighted by molar-refractivity contribution is 0.0875. The molecule has 6 heteroatoms. The number of nitrogens with zero attached hydrogens (tertiary/aromatic N) is 2. The summed E-state index contributed by atoms with van der Waals surface area (Å²) in [6.45, 7) is 0.859. The average molecular weight is 315 g/mol. The fourth-order valence-electron chi connectivity index (χ4n) is 2.32. The molecule has 1 fully saturated rings. The van der Waals surface area contributed by atoms with Crippen LogP contribution in [0.5, 0.6) is 0 Å². The molecule has 0 unspecified atom stereocenters. The number of amides is 1. The van der Waals surface area contributed by atoms with Crippen LogP contribution in [0.4, 0.5) is 4.79 Å². The summed E-state index contributed by atoms with van der Waals surface area (Å²) in [7, 11) is 0. The number of hydrogen-bond acceptors (Lipinski definition) is 3. The van der Waals surface area contributed by atoms with Crippen molar-refractivity contribution in [3.63, 3.8) is 0 Å². The Hall–Kier alpha value is -1.14. The largest absolute Gasteiger partial charge is 0.465 e. The molecule has 1 saturated heterocycles. The maximum Gasteiger partial charge on any atom is 0.407 e. The molecule has 2 N–H and O–H groups in total. The normalized spacial score (nSPS) is 18.7. The summed E-state index contributed by atoms with van der Waals surface area (Å²) in [6.07, 6.45) is 0.294. The van der Waals surface area contributed by atoms with E-state index >= 15 is 0 Å². The van der Waals surface area contributed by atoms with Crippen molar-refractivity contribution in [3.05, 3.63) is 28.5 Å². The molecular weight excluding hydrogens is 300 g/mol. The molecule has 1 amide bonds. The van der Waals surface area contributed by atoms with Gasteiger partial charge in [0.05, 0.1) is 12.3 Å². The summed E-state index contributed by atoms with van der Waals surface area (Å²) in [5.74, 6) is 0. The predicted octanol–water partition coefficient (Wildman–Crippen LogP) is 1.85. The van der Waals surface area contributed by atoms with Gasteiger partial charge in [-0.2, -0.15) is 0 Å². The van der Waals surface area contributed by atoms with Crippen molar-refractivity contribution >= 4 is 22.0 Å². The summed E-state index contributed by atoms with van der Waals surface area (Å²) >= 11 is 3.32. The van der Waals surface area contributed by atoms with Crippen LogP contribution in [0.15, 0.2) is 22.8 Å². The van der Waals surface area contributed by atoms with Gasteiger partial charge in [0.25, 0.3) is 0 Å². The van der Waals surface area contributed by atoms with Crippen LogP contribution in [0, 0.1) is 0 Å². The van der Waals surface area contributed by atoms with Gasteiger partial charge in [-0.3, -0.25) is 0 Å². The SMILES string of the molecule is O=C(O)N1CCC(CO)(c2cccc(Br)n2)CC1.